The van der Waals surface area contributed by atoms with Gasteiger partial charge in [0.05, 0.1) is 4.47 Å². The molecule has 0 aliphatic heterocycles. The number of anilines is 1. The molecule has 1 aliphatic rings. The third kappa shape index (κ3) is 2.69. The number of hydrogen-bond donors (Lipinski definition) is 1. The first-order valence-corrected chi connectivity index (χ1v) is 7.48. The molecule has 1 aliphatic carbocycles. The molecule has 0 radical (unpaired) electrons. The van der Waals surface area contributed by atoms with Gasteiger partial charge in [0.25, 0.3) is 0 Å². The van der Waals surface area contributed by atoms with Crippen molar-refractivity contribution in [1.82, 2.24) is 4.98 Å². The molecule has 1 aromatic rings. The van der Waals surface area contributed by atoms with Crippen LogP contribution in [0.3, 0.4) is 0 Å². The molecule has 4 heteroatoms. The monoisotopic (exact) mass is 311 g/mol. The van der Waals surface area contributed by atoms with E-state index in [-0.39, 0.29) is 0 Å². The molecular formula is C14H22BrN3. The van der Waals surface area contributed by atoms with Crippen molar-refractivity contribution in [3.05, 3.63) is 22.3 Å². The van der Waals surface area contributed by atoms with Gasteiger partial charge in [-0.3, -0.25) is 0 Å². The number of nitrogens with zero attached hydrogens (tertiary/aromatic N) is 2. The highest BCUT2D eigenvalue weighted by molar-refractivity contribution is 9.10. The second kappa shape index (κ2) is 6.02. The van der Waals surface area contributed by atoms with Crippen molar-refractivity contribution in [1.29, 1.82) is 0 Å². The summed E-state index contributed by atoms with van der Waals surface area (Å²) in [7, 11) is 2.14. The third-order valence-corrected chi connectivity index (χ3v) is 5.05. The van der Waals surface area contributed by atoms with Gasteiger partial charge in [-0.25, -0.2) is 4.98 Å². The Kier molecular flexibility index (Phi) is 4.62. The van der Waals surface area contributed by atoms with Gasteiger partial charge in [-0.2, -0.15) is 0 Å². The van der Waals surface area contributed by atoms with Crippen molar-refractivity contribution in [2.75, 3.05) is 18.5 Å². The van der Waals surface area contributed by atoms with Crippen LogP contribution in [0.2, 0.25) is 0 Å². The summed E-state index contributed by atoms with van der Waals surface area (Å²) >= 11 is 3.65. The average Bonchev–Trinajstić information content (AvgIpc) is 2.41. The molecule has 2 rings (SSSR count). The fourth-order valence-corrected chi connectivity index (χ4v) is 3.42. The lowest BCUT2D eigenvalue weighted by Crippen LogP contribution is -2.43. The predicted octanol–water partition coefficient (Wildman–Crippen LogP) is 3.11. The molecule has 1 fully saturated rings. The summed E-state index contributed by atoms with van der Waals surface area (Å²) in [5, 5.41) is 0. The van der Waals surface area contributed by atoms with Crippen LogP contribution in [0.1, 0.15) is 31.2 Å². The van der Waals surface area contributed by atoms with Gasteiger partial charge in [0.15, 0.2) is 0 Å². The highest BCUT2D eigenvalue weighted by atomic mass is 79.9. The second-order valence-corrected chi connectivity index (χ2v) is 6.02. The van der Waals surface area contributed by atoms with Gasteiger partial charge in [-0.1, -0.05) is 12.8 Å². The van der Waals surface area contributed by atoms with Crippen LogP contribution >= 0.6 is 15.9 Å². The van der Waals surface area contributed by atoms with Crippen LogP contribution < -0.4 is 10.6 Å². The van der Waals surface area contributed by atoms with Gasteiger partial charge in [0, 0.05) is 19.3 Å². The normalized spacial score (nSPS) is 24.0. The number of hydrogen-bond acceptors (Lipinski definition) is 3. The smallest absolute Gasteiger partial charge is 0.143 e. The van der Waals surface area contributed by atoms with Crippen molar-refractivity contribution in [2.24, 2.45) is 11.7 Å². The van der Waals surface area contributed by atoms with Crippen molar-refractivity contribution in [3.63, 3.8) is 0 Å². The molecular weight excluding hydrogens is 290 g/mol. The zero-order chi connectivity index (χ0) is 13.1. The Bertz CT molecular complexity index is 408. The Hall–Kier alpha value is -0.610. The van der Waals surface area contributed by atoms with Crippen LogP contribution in [0, 0.1) is 12.8 Å². The van der Waals surface area contributed by atoms with E-state index < -0.39 is 0 Å². The molecule has 2 N–H and O–H groups in total. The molecule has 2 atom stereocenters. The zero-order valence-corrected chi connectivity index (χ0v) is 12.8. The van der Waals surface area contributed by atoms with E-state index in [2.05, 4.69) is 39.8 Å². The fraction of sp³-hybridized carbons (Fsp3) is 0.643. The fourth-order valence-electron chi connectivity index (χ4n) is 2.90. The lowest BCUT2D eigenvalue weighted by molar-refractivity contribution is 0.305. The molecule has 0 aromatic carbocycles. The lowest BCUT2D eigenvalue weighted by Gasteiger charge is -2.38. The van der Waals surface area contributed by atoms with Crippen LogP contribution in [0.4, 0.5) is 5.82 Å². The first kappa shape index (κ1) is 13.8. The Morgan fingerprint density at radius 3 is 2.89 bits per heavy atom. The molecule has 1 aromatic heterocycles. The molecule has 18 heavy (non-hydrogen) atoms. The molecule has 0 amide bonds. The van der Waals surface area contributed by atoms with E-state index in [0.29, 0.717) is 12.0 Å². The maximum Gasteiger partial charge on any atom is 0.143 e. The number of nitrogens with two attached hydrogens (primary N) is 1. The number of aromatic nitrogens is 1. The maximum atomic E-state index is 5.92. The van der Waals surface area contributed by atoms with Gasteiger partial charge in [0.1, 0.15) is 5.82 Å². The minimum Gasteiger partial charge on any atom is -0.355 e. The maximum absolute atomic E-state index is 5.92. The molecule has 0 bridgehead atoms. The third-order valence-electron chi connectivity index (χ3n) is 4.07. The summed E-state index contributed by atoms with van der Waals surface area (Å²) in [5.74, 6) is 1.64. The molecule has 2 unspecified atom stereocenters. The Morgan fingerprint density at radius 2 is 2.17 bits per heavy atom. The van der Waals surface area contributed by atoms with Gasteiger partial charge in [0.2, 0.25) is 0 Å². The van der Waals surface area contributed by atoms with Crippen molar-refractivity contribution in [3.8, 4) is 0 Å². The topological polar surface area (TPSA) is 42.2 Å². The lowest BCUT2D eigenvalue weighted by atomic mass is 9.83. The molecule has 0 spiro atoms. The second-order valence-electron chi connectivity index (χ2n) is 5.22. The van der Waals surface area contributed by atoms with E-state index in [1.807, 2.05) is 12.3 Å². The highest BCUT2D eigenvalue weighted by Crippen LogP contribution is 2.33. The number of halogens is 1. The Balaban J connectivity index is 2.23. The first-order valence-electron chi connectivity index (χ1n) is 6.69. The molecule has 3 nitrogen and oxygen atoms in total. The van der Waals surface area contributed by atoms with E-state index in [1.54, 1.807) is 0 Å². The number of aryl methyl sites for hydroxylation is 1. The van der Waals surface area contributed by atoms with Gasteiger partial charge < -0.3 is 10.6 Å². The van der Waals surface area contributed by atoms with Crippen LogP contribution in [-0.4, -0.2) is 24.6 Å². The summed E-state index contributed by atoms with van der Waals surface area (Å²) in [6.45, 7) is 2.88. The molecule has 0 saturated heterocycles. The van der Waals surface area contributed by atoms with Crippen molar-refractivity contribution in [2.45, 2.75) is 38.6 Å². The quantitative estimate of drug-likeness (QED) is 0.932. The van der Waals surface area contributed by atoms with E-state index >= 15 is 0 Å². The average molecular weight is 312 g/mol. The summed E-state index contributed by atoms with van der Waals surface area (Å²) in [4.78, 5) is 6.83. The minimum atomic E-state index is 0.523. The van der Waals surface area contributed by atoms with E-state index in [9.17, 15) is 0 Å². The molecule has 1 heterocycles. The van der Waals surface area contributed by atoms with Crippen LogP contribution in [0.15, 0.2) is 16.7 Å². The Morgan fingerprint density at radius 1 is 1.44 bits per heavy atom. The largest absolute Gasteiger partial charge is 0.355 e. The number of pyridine rings is 1. The summed E-state index contributed by atoms with van der Waals surface area (Å²) < 4.78 is 1.11. The number of rotatable bonds is 3. The summed E-state index contributed by atoms with van der Waals surface area (Å²) in [6, 6.07) is 2.55. The first-order chi connectivity index (χ1) is 8.65. The predicted molar refractivity (Wildman–Crippen MR) is 79.9 cm³/mol. The van der Waals surface area contributed by atoms with Gasteiger partial charge in [-0.15, -0.1) is 0 Å². The SMILES string of the molecule is Cc1ccnc(N(C)C2CCCCC2CN)c1Br. The zero-order valence-electron chi connectivity index (χ0n) is 11.2. The van der Waals surface area contributed by atoms with Crippen LogP contribution in [-0.2, 0) is 0 Å². The highest BCUT2D eigenvalue weighted by Gasteiger charge is 2.28. The molecule has 100 valence electrons. The van der Waals surface area contributed by atoms with Gasteiger partial charge in [-0.05, 0) is 59.8 Å². The van der Waals surface area contributed by atoms with E-state index in [4.69, 9.17) is 5.73 Å². The summed E-state index contributed by atoms with van der Waals surface area (Å²) in [5.41, 5.74) is 7.15. The van der Waals surface area contributed by atoms with Crippen molar-refractivity contribution >= 4 is 21.7 Å². The standard InChI is InChI=1S/C14H22BrN3/c1-10-7-8-17-14(13(10)15)18(2)12-6-4-3-5-11(12)9-16/h7-8,11-12H,3-6,9,16H2,1-2H3. The minimum absolute atomic E-state index is 0.523. The van der Waals surface area contributed by atoms with Gasteiger partial charge >= 0.3 is 0 Å². The van der Waals surface area contributed by atoms with Crippen LogP contribution in [0.5, 0.6) is 0 Å². The Labute approximate surface area is 118 Å². The summed E-state index contributed by atoms with van der Waals surface area (Å²) in [6.07, 6.45) is 6.96. The molecule has 1 saturated carbocycles. The van der Waals surface area contributed by atoms with Crippen LogP contribution in [0.25, 0.3) is 0 Å². The van der Waals surface area contributed by atoms with E-state index in [1.165, 1.54) is 31.2 Å². The van der Waals surface area contributed by atoms with E-state index in [0.717, 1.165) is 16.8 Å². The van der Waals surface area contributed by atoms with Crippen molar-refractivity contribution < 1.29 is 0 Å².